The lowest BCUT2D eigenvalue weighted by Gasteiger charge is -2.26. The third-order valence-electron chi connectivity index (χ3n) is 3.72. The summed E-state index contributed by atoms with van der Waals surface area (Å²) < 4.78 is 5.16. The number of benzene rings is 1. The average Bonchev–Trinajstić information content (AvgIpc) is 2.59. The summed E-state index contributed by atoms with van der Waals surface area (Å²) in [5.41, 5.74) is 0.679. The first kappa shape index (κ1) is 23.3. The number of likely N-dealkylation sites (N-methyl/N-ethyl adjacent to an activating group) is 2. The number of carbonyl (C=O) groups excluding carboxylic acids is 2. The fourth-order valence-corrected chi connectivity index (χ4v) is 2.27. The van der Waals surface area contributed by atoms with Gasteiger partial charge in [-0.25, -0.2) is 4.99 Å². The van der Waals surface area contributed by atoms with Gasteiger partial charge in [0.15, 0.2) is 5.96 Å². The second-order valence-electron chi connectivity index (χ2n) is 7.78. The van der Waals surface area contributed by atoms with Crippen molar-refractivity contribution in [2.24, 2.45) is 4.99 Å². The van der Waals surface area contributed by atoms with Crippen molar-refractivity contribution in [3.63, 3.8) is 0 Å². The molecule has 8 heteroatoms. The number of aliphatic imine (C=N–C) groups is 1. The average molecular weight is 392 g/mol. The minimum atomic E-state index is -0.313. The van der Waals surface area contributed by atoms with Gasteiger partial charge in [-0.05, 0) is 38.5 Å². The first-order valence-electron chi connectivity index (χ1n) is 9.15. The van der Waals surface area contributed by atoms with Crippen LogP contribution in [-0.4, -0.2) is 74.5 Å². The van der Waals surface area contributed by atoms with E-state index in [1.807, 2.05) is 45.0 Å². The normalized spacial score (nSPS) is 11.6. The molecule has 28 heavy (non-hydrogen) atoms. The Morgan fingerprint density at radius 2 is 1.71 bits per heavy atom. The van der Waals surface area contributed by atoms with Gasteiger partial charge in [0.1, 0.15) is 5.75 Å². The maximum absolute atomic E-state index is 12.2. The van der Waals surface area contributed by atoms with Crippen molar-refractivity contribution < 1.29 is 14.3 Å². The molecular formula is C20H33N5O3. The van der Waals surface area contributed by atoms with Crippen LogP contribution in [0.2, 0.25) is 0 Å². The molecule has 2 N–H and O–H groups in total. The van der Waals surface area contributed by atoms with Crippen LogP contribution >= 0.6 is 0 Å². The summed E-state index contributed by atoms with van der Waals surface area (Å²) in [6.07, 6.45) is 0. The molecule has 0 radical (unpaired) electrons. The number of nitrogens with one attached hydrogen (secondary N) is 2. The fourth-order valence-electron chi connectivity index (χ4n) is 2.27. The molecule has 1 aromatic rings. The molecule has 0 unspecified atom stereocenters. The lowest BCUT2D eigenvalue weighted by atomic mass is 10.1. The highest BCUT2D eigenvalue weighted by Crippen LogP contribution is 2.12. The molecule has 2 amide bonds. The van der Waals surface area contributed by atoms with Gasteiger partial charge in [-0.3, -0.25) is 9.59 Å². The Hall–Kier alpha value is -2.77. The lowest BCUT2D eigenvalue weighted by Crippen LogP contribution is -2.50. The Morgan fingerprint density at radius 3 is 2.21 bits per heavy atom. The van der Waals surface area contributed by atoms with Crippen LogP contribution in [0.5, 0.6) is 5.75 Å². The summed E-state index contributed by atoms with van der Waals surface area (Å²) in [6.45, 7) is 6.42. The van der Waals surface area contributed by atoms with E-state index in [-0.39, 0.29) is 30.4 Å². The Bertz CT molecular complexity index is 678. The number of carbonyl (C=O) groups is 2. The van der Waals surface area contributed by atoms with Crippen LogP contribution in [0, 0.1) is 0 Å². The summed E-state index contributed by atoms with van der Waals surface area (Å²) in [4.78, 5) is 31.9. The van der Waals surface area contributed by atoms with Crippen molar-refractivity contribution in [2.45, 2.75) is 32.9 Å². The van der Waals surface area contributed by atoms with E-state index in [1.54, 1.807) is 33.2 Å². The Labute approximate surface area is 167 Å². The number of nitrogens with zero attached hydrogens (tertiary/aromatic N) is 3. The zero-order valence-electron chi connectivity index (χ0n) is 18.0. The number of methoxy groups -OCH3 is 1. The molecular weight excluding hydrogens is 358 g/mol. The fraction of sp³-hybridized carbons (Fsp3) is 0.550. The van der Waals surface area contributed by atoms with Crippen LogP contribution < -0.4 is 15.4 Å². The SMILES string of the molecule is COc1ccc(CN=C(NCC(=O)N(C)C)N(C)CC(=O)NC(C)(C)C)cc1. The molecule has 0 aliphatic heterocycles. The van der Waals surface area contributed by atoms with E-state index >= 15 is 0 Å². The van der Waals surface area contributed by atoms with Crippen LogP contribution in [0.1, 0.15) is 26.3 Å². The van der Waals surface area contributed by atoms with Gasteiger partial charge in [0.2, 0.25) is 11.8 Å². The van der Waals surface area contributed by atoms with E-state index in [4.69, 9.17) is 4.74 Å². The van der Waals surface area contributed by atoms with E-state index in [1.165, 1.54) is 4.90 Å². The highest BCUT2D eigenvalue weighted by atomic mass is 16.5. The van der Waals surface area contributed by atoms with Crippen molar-refractivity contribution in [1.29, 1.82) is 0 Å². The molecule has 0 saturated carbocycles. The van der Waals surface area contributed by atoms with E-state index in [9.17, 15) is 9.59 Å². The third kappa shape index (κ3) is 8.75. The Balaban J connectivity index is 2.86. The molecule has 8 nitrogen and oxygen atoms in total. The topological polar surface area (TPSA) is 86.3 Å². The molecule has 0 atom stereocenters. The Kier molecular flexibility index (Phi) is 8.76. The standard InChI is InChI=1S/C20H33N5O3/c1-20(2,3)23-17(26)14-25(6)19(22-13-18(27)24(4)5)21-12-15-8-10-16(28-7)11-9-15/h8-11H,12-14H2,1-7H3,(H,21,22)(H,23,26). The second kappa shape index (κ2) is 10.5. The number of rotatable bonds is 7. The molecule has 156 valence electrons. The van der Waals surface area contributed by atoms with Gasteiger partial charge in [-0.1, -0.05) is 12.1 Å². The first-order valence-corrected chi connectivity index (χ1v) is 9.15. The number of ether oxygens (including phenoxy) is 1. The molecule has 1 rings (SSSR count). The van der Waals surface area contributed by atoms with E-state index < -0.39 is 0 Å². The van der Waals surface area contributed by atoms with Crippen molar-refractivity contribution >= 4 is 17.8 Å². The quantitative estimate of drug-likeness (QED) is 0.537. The van der Waals surface area contributed by atoms with E-state index in [2.05, 4.69) is 15.6 Å². The molecule has 0 aliphatic carbocycles. The first-order chi connectivity index (χ1) is 13.0. The summed E-state index contributed by atoms with van der Waals surface area (Å²) in [7, 11) is 6.77. The van der Waals surface area contributed by atoms with Crippen LogP contribution in [0.25, 0.3) is 0 Å². The smallest absolute Gasteiger partial charge is 0.241 e. The highest BCUT2D eigenvalue weighted by molar-refractivity contribution is 5.89. The largest absolute Gasteiger partial charge is 0.497 e. The van der Waals surface area contributed by atoms with Gasteiger partial charge in [0.25, 0.3) is 0 Å². The minimum absolute atomic E-state index is 0.0790. The van der Waals surface area contributed by atoms with Crippen molar-refractivity contribution in [1.82, 2.24) is 20.4 Å². The molecule has 0 spiro atoms. The molecule has 0 fully saturated rings. The highest BCUT2D eigenvalue weighted by Gasteiger charge is 2.17. The Morgan fingerprint density at radius 1 is 1.11 bits per heavy atom. The number of amides is 2. The molecule has 1 aromatic carbocycles. The molecule has 0 heterocycles. The third-order valence-corrected chi connectivity index (χ3v) is 3.72. The van der Waals surface area contributed by atoms with Gasteiger partial charge in [-0.2, -0.15) is 0 Å². The molecule has 0 saturated heterocycles. The number of hydrogen-bond donors (Lipinski definition) is 2. The van der Waals surface area contributed by atoms with Crippen LogP contribution in [-0.2, 0) is 16.1 Å². The summed E-state index contributed by atoms with van der Waals surface area (Å²) in [5, 5.41) is 5.96. The maximum atomic E-state index is 12.2. The van der Waals surface area contributed by atoms with E-state index in [0.717, 1.165) is 11.3 Å². The van der Waals surface area contributed by atoms with Crippen molar-refractivity contribution in [2.75, 3.05) is 41.3 Å². The monoisotopic (exact) mass is 391 g/mol. The van der Waals surface area contributed by atoms with Crippen molar-refractivity contribution in [3.8, 4) is 5.75 Å². The van der Waals surface area contributed by atoms with Crippen molar-refractivity contribution in [3.05, 3.63) is 29.8 Å². The van der Waals surface area contributed by atoms with E-state index in [0.29, 0.717) is 12.5 Å². The summed E-state index contributed by atoms with van der Waals surface area (Å²) >= 11 is 0. The van der Waals surface area contributed by atoms with Crippen LogP contribution in [0.3, 0.4) is 0 Å². The van der Waals surface area contributed by atoms with Gasteiger partial charge < -0.3 is 25.2 Å². The van der Waals surface area contributed by atoms with Gasteiger partial charge in [0.05, 0.1) is 26.7 Å². The molecule has 0 aliphatic rings. The van der Waals surface area contributed by atoms with Gasteiger partial charge >= 0.3 is 0 Å². The molecule has 0 aromatic heterocycles. The molecule has 0 bridgehead atoms. The predicted octanol–water partition coefficient (Wildman–Crippen LogP) is 1.08. The number of hydrogen-bond acceptors (Lipinski definition) is 4. The second-order valence-corrected chi connectivity index (χ2v) is 7.78. The zero-order chi connectivity index (χ0) is 21.3. The minimum Gasteiger partial charge on any atom is -0.497 e. The van der Waals surface area contributed by atoms with Crippen LogP contribution in [0.4, 0.5) is 0 Å². The van der Waals surface area contributed by atoms with Gasteiger partial charge in [0, 0.05) is 26.7 Å². The van der Waals surface area contributed by atoms with Gasteiger partial charge in [-0.15, -0.1) is 0 Å². The summed E-state index contributed by atoms with van der Waals surface area (Å²) in [6, 6.07) is 7.59. The predicted molar refractivity (Wildman–Crippen MR) is 111 cm³/mol. The maximum Gasteiger partial charge on any atom is 0.241 e. The number of guanidine groups is 1. The van der Waals surface area contributed by atoms with Crippen LogP contribution in [0.15, 0.2) is 29.3 Å². The lowest BCUT2D eigenvalue weighted by molar-refractivity contribution is -0.127. The zero-order valence-corrected chi connectivity index (χ0v) is 18.0. The summed E-state index contributed by atoms with van der Waals surface area (Å²) in [5.74, 6) is 1.06.